The molecule has 1 atom stereocenters. The maximum Gasteiger partial charge on any atom is 0.204 e. The molecule has 0 fully saturated rings. The summed E-state index contributed by atoms with van der Waals surface area (Å²) >= 11 is 12.7. The SMILES string of the molecule is CNc1nn(C[NH+](C)Cc2c(F)cccc2Cl)c(=S)s1. The average molecular weight is 334 g/mol. The number of halogens is 2. The van der Waals surface area contributed by atoms with Crippen LogP contribution in [-0.2, 0) is 13.2 Å². The van der Waals surface area contributed by atoms with Crippen molar-refractivity contribution in [2.24, 2.45) is 0 Å². The van der Waals surface area contributed by atoms with Crippen LogP contribution in [0.4, 0.5) is 9.52 Å². The first kappa shape index (κ1) is 15.4. The van der Waals surface area contributed by atoms with Crippen molar-refractivity contribution in [1.82, 2.24) is 9.78 Å². The zero-order chi connectivity index (χ0) is 14.7. The number of nitrogens with zero attached hydrogens (tertiary/aromatic N) is 2. The maximum absolute atomic E-state index is 13.7. The topological polar surface area (TPSA) is 34.3 Å². The second-order valence-corrected chi connectivity index (χ2v) is 6.44. The third-order valence-electron chi connectivity index (χ3n) is 2.78. The van der Waals surface area contributed by atoms with E-state index in [0.717, 1.165) is 10.0 Å². The van der Waals surface area contributed by atoms with Gasteiger partial charge in [-0.3, -0.25) is 0 Å². The van der Waals surface area contributed by atoms with Crippen LogP contribution < -0.4 is 10.2 Å². The van der Waals surface area contributed by atoms with Crippen molar-refractivity contribution in [2.75, 3.05) is 19.4 Å². The number of quaternary nitrogens is 1. The predicted molar refractivity (Wildman–Crippen MR) is 82.5 cm³/mol. The normalized spacial score (nSPS) is 12.4. The number of hydrogen-bond acceptors (Lipinski definition) is 4. The molecule has 0 amide bonds. The molecule has 0 saturated heterocycles. The summed E-state index contributed by atoms with van der Waals surface area (Å²) in [5.41, 5.74) is 0.516. The molecule has 4 nitrogen and oxygen atoms in total. The van der Waals surface area contributed by atoms with Gasteiger partial charge in [-0.25, -0.2) is 4.39 Å². The molecule has 20 heavy (non-hydrogen) atoms. The Morgan fingerprint density at radius 3 is 2.90 bits per heavy atom. The molecule has 1 aromatic heterocycles. The number of nitrogens with one attached hydrogen (secondary N) is 2. The van der Waals surface area contributed by atoms with Crippen molar-refractivity contribution >= 4 is 40.3 Å². The van der Waals surface area contributed by atoms with E-state index in [-0.39, 0.29) is 5.82 Å². The molecule has 2 aromatic rings. The van der Waals surface area contributed by atoms with Gasteiger partial charge in [0, 0.05) is 7.05 Å². The molecule has 2 rings (SSSR count). The van der Waals surface area contributed by atoms with Crippen molar-refractivity contribution in [3.8, 4) is 0 Å². The van der Waals surface area contributed by atoms with Gasteiger partial charge >= 0.3 is 0 Å². The summed E-state index contributed by atoms with van der Waals surface area (Å²) in [6, 6.07) is 4.72. The van der Waals surface area contributed by atoms with E-state index < -0.39 is 0 Å². The van der Waals surface area contributed by atoms with Gasteiger partial charge in [0.1, 0.15) is 12.4 Å². The molecule has 108 valence electrons. The zero-order valence-electron chi connectivity index (χ0n) is 11.1. The fraction of sp³-hybridized carbons (Fsp3) is 0.333. The summed E-state index contributed by atoms with van der Waals surface area (Å²) in [6.45, 7) is 1.03. The molecule has 1 heterocycles. The first-order valence-electron chi connectivity index (χ1n) is 6.01. The van der Waals surface area contributed by atoms with Crippen LogP contribution in [0, 0.1) is 9.77 Å². The highest BCUT2D eigenvalue weighted by atomic mass is 35.5. The van der Waals surface area contributed by atoms with Crippen LogP contribution in [0.1, 0.15) is 5.56 Å². The quantitative estimate of drug-likeness (QED) is 0.823. The fourth-order valence-electron chi connectivity index (χ4n) is 1.82. The summed E-state index contributed by atoms with van der Waals surface area (Å²) in [5, 5.41) is 8.50. The monoisotopic (exact) mass is 333 g/mol. The number of aromatic nitrogens is 2. The molecular formula is C12H15ClFN4S2+. The van der Waals surface area contributed by atoms with Gasteiger partial charge in [0.25, 0.3) is 0 Å². The average Bonchev–Trinajstić information content (AvgIpc) is 2.75. The van der Waals surface area contributed by atoms with Crippen molar-refractivity contribution in [3.63, 3.8) is 0 Å². The van der Waals surface area contributed by atoms with Gasteiger partial charge in [-0.2, -0.15) is 4.68 Å². The molecule has 0 spiro atoms. The number of hydrogen-bond donors (Lipinski definition) is 2. The van der Waals surface area contributed by atoms with Crippen LogP contribution in [0.15, 0.2) is 18.2 Å². The van der Waals surface area contributed by atoms with Crippen LogP contribution in [0.3, 0.4) is 0 Å². The number of anilines is 1. The summed E-state index contributed by atoms with van der Waals surface area (Å²) in [7, 11) is 3.75. The van der Waals surface area contributed by atoms with Gasteiger partial charge in [-0.15, -0.1) is 5.10 Å². The minimum Gasteiger partial charge on any atom is -0.363 e. The van der Waals surface area contributed by atoms with E-state index in [9.17, 15) is 4.39 Å². The van der Waals surface area contributed by atoms with Crippen LogP contribution in [0.25, 0.3) is 0 Å². The Labute approximate surface area is 130 Å². The van der Waals surface area contributed by atoms with Gasteiger partial charge in [0.05, 0.1) is 17.6 Å². The largest absolute Gasteiger partial charge is 0.363 e. The van der Waals surface area contributed by atoms with Crippen LogP contribution in [0.2, 0.25) is 5.02 Å². The predicted octanol–water partition coefficient (Wildman–Crippen LogP) is 2.18. The minimum atomic E-state index is -0.283. The first-order chi connectivity index (χ1) is 9.51. The molecule has 0 saturated carbocycles. The van der Waals surface area contributed by atoms with Gasteiger partial charge in [0.15, 0.2) is 10.6 Å². The summed E-state index contributed by atoms with van der Waals surface area (Å²) in [6.07, 6.45) is 0. The second kappa shape index (κ2) is 6.62. The lowest BCUT2D eigenvalue weighted by Gasteiger charge is -2.15. The molecule has 8 heteroatoms. The molecule has 0 aliphatic carbocycles. The molecule has 0 radical (unpaired) electrons. The Balaban J connectivity index is 2.11. The highest BCUT2D eigenvalue weighted by Gasteiger charge is 2.14. The Hall–Kier alpha value is -1.02. The van der Waals surface area contributed by atoms with E-state index in [4.69, 9.17) is 23.8 Å². The van der Waals surface area contributed by atoms with Crippen molar-refractivity contribution in [1.29, 1.82) is 0 Å². The zero-order valence-corrected chi connectivity index (χ0v) is 13.5. The van der Waals surface area contributed by atoms with Gasteiger partial charge in [-0.1, -0.05) is 29.0 Å². The van der Waals surface area contributed by atoms with Crippen LogP contribution >= 0.6 is 35.2 Å². The Morgan fingerprint density at radius 2 is 2.30 bits per heavy atom. The van der Waals surface area contributed by atoms with E-state index in [1.165, 1.54) is 17.4 Å². The van der Waals surface area contributed by atoms with Gasteiger partial charge in [0.2, 0.25) is 5.13 Å². The lowest BCUT2D eigenvalue weighted by molar-refractivity contribution is -0.917. The highest BCUT2D eigenvalue weighted by Crippen LogP contribution is 2.17. The lowest BCUT2D eigenvalue weighted by Crippen LogP contribution is -3.07. The fourth-order valence-corrected chi connectivity index (χ4v) is 3.01. The number of benzene rings is 1. The third kappa shape index (κ3) is 3.54. The van der Waals surface area contributed by atoms with E-state index in [0.29, 0.717) is 27.8 Å². The molecular weight excluding hydrogens is 319 g/mol. The van der Waals surface area contributed by atoms with E-state index in [1.807, 2.05) is 7.05 Å². The standard InChI is InChI=1S/C12H14ClFN4S2/c1-15-11-16-18(12(19)20-11)7-17(2)6-8-9(13)4-3-5-10(8)14/h3-5H,6-7H2,1-2H3,(H,15,16)/p+1. The van der Waals surface area contributed by atoms with Crippen molar-refractivity contribution < 1.29 is 9.29 Å². The number of rotatable bonds is 5. The Bertz CT molecular complexity index is 635. The molecule has 1 aromatic carbocycles. The Kier molecular flexibility index (Phi) is 5.09. The van der Waals surface area contributed by atoms with Crippen LogP contribution in [0.5, 0.6) is 0 Å². The van der Waals surface area contributed by atoms with E-state index >= 15 is 0 Å². The van der Waals surface area contributed by atoms with E-state index in [1.54, 1.807) is 23.9 Å². The lowest BCUT2D eigenvalue weighted by atomic mass is 10.2. The Morgan fingerprint density at radius 1 is 1.55 bits per heavy atom. The first-order valence-corrected chi connectivity index (χ1v) is 7.61. The van der Waals surface area contributed by atoms with Gasteiger partial charge < -0.3 is 10.2 Å². The summed E-state index contributed by atoms with van der Waals surface area (Å²) < 4.78 is 16.2. The van der Waals surface area contributed by atoms with E-state index in [2.05, 4.69) is 10.4 Å². The van der Waals surface area contributed by atoms with Gasteiger partial charge in [-0.05, 0) is 24.4 Å². The van der Waals surface area contributed by atoms with Crippen molar-refractivity contribution in [3.05, 3.63) is 38.6 Å². The third-order valence-corrected chi connectivity index (χ3v) is 4.46. The highest BCUT2D eigenvalue weighted by molar-refractivity contribution is 7.73. The summed E-state index contributed by atoms with van der Waals surface area (Å²) in [5.74, 6) is -0.283. The molecule has 2 N–H and O–H groups in total. The van der Waals surface area contributed by atoms with Crippen LogP contribution in [-0.4, -0.2) is 23.9 Å². The smallest absolute Gasteiger partial charge is 0.204 e. The second-order valence-electron chi connectivity index (χ2n) is 4.41. The maximum atomic E-state index is 13.7. The molecule has 0 bridgehead atoms. The molecule has 0 aliphatic rings. The van der Waals surface area contributed by atoms with Crippen molar-refractivity contribution in [2.45, 2.75) is 13.2 Å². The molecule has 0 aliphatic heterocycles. The summed E-state index contributed by atoms with van der Waals surface area (Å²) in [4.78, 5) is 1.04. The minimum absolute atomic E-state index is 0.283. The molecule has 1 unspecified atom stereocenters.